The summed E-state index contributed by atoms with van der Waals surface area (Å²) in [6.07, 6.45) is 2.82. The highest BCUT2D eigenvalue weighted by Gasteiger charge is 2.03. The van der Waals surface area contributed by atoms with Crippen molar-refractivity contribution >= 4 is 17.3 Å². The van der Waals surface area contributed by atoms with E-state index in [4.69, 9.17) is 11.6 Å². The predicted octanol–water partition coefficient (Wildman–Crippen LogP) is 2.49. The quantitative estimate of drug-likeness (QED) is 0.784. The maximum atomic E-state index is 5.80. The zero-order valence-corrected chi connectivity index (χ0v) is 10.3. The molecule has 15 heavy (non-hydrogen) atoms. The van der Waals surface area contributed by atoms with E-state index in [1.165, 1.54) is 0 Å². The average molecular weight is 228 g/mol. The van der Waals surface area contributed by atoms with Gasteiger partial charge in [-0.1, -0.05) is 11.6 Å². The fourth-order valence-electron chi connectivity index (χ4n) is 1.30. The summed E-state index contributed by atoms with van der Waals surface area (Å²) in [5, 5.41) is 3.91. The summed E-state index contributed by atoms with van der Waals surface area (Å²) in [4.78, 5) is 6.12. The number of halogens is 1. The molecule has 1 aromatic rings. The zero-order chi connectivity index (χ0) is 11.3. The van der Waals surface area contributed by atoms with Crippen LogP contribution in [0.2, 0.25) is 5.15 Å². The third-order valence-electron chi connectivity index (χ3n) is 2.15. The first-order valence-corrected chi connectivity index (χ1v) is 5.48. The van der Waals surface area contributed by atoms with E-state index in [0.717, 1.165) is 18.7 Å². The highest BCUT2D eigenvalue weighted by Crippen LogP contribution is 2.13. The molecule has 0 fully saturated rings. The standard InChI is InChI=1S/C11H18ClN3/c1-9(5-7-15(2)3)14-10-4-6-13-11(12)8-10/h4,6,8-9H,5,7H2,1-3H3,(H,13,14). The molecule has 1 unspecified atom stereocenters. The minimum Gasteiger partial charge on any atom is -0.382 e. The van der Waals surface area contributed by atoms with E-state index >= 15 is 0 Å². The summed E-state index contributed by atoms with van der Waals surface area (Å²) in [7, 11) is 4.16. The second-order valence-electron chi connectivity index (χ2n) is 4.00. The van der Waals surface area contributed by atoms with Crippen molar-refractivity contribution in [3.05, 3.63) is 23.5 Å². The summed E-state index contributed by atoms with van der Waals surface area (Å²) < 4.78 is 0. The second kappa shape index (κ2) is 5.93. The maximum absolute atomic E-state index is 5.80. The molecule has 3 nitrogen and oxygen atoms in total. The molecule has 1 N–H and O–H groups in total. The lowest BCUT2D eigenvalue weighted by molar-refractivity contribution is 0.390. The highest BCUT2D eigenvalue weighted by molar-refractivity contribution is 6.29. The Hall–Kier alpha value is -0.800. The van der Waals surface area contributed by atoms with Crippen LogP contribution in [0.15, 0.2) is 18.3 Å². The van der Waals surface area contributed by atoms with Crippen LogP contribution in [-0.4, -0.2) is 36.6 Å². The number of pyridine rings is 1. The van der Waals surface area contributed by atoms with E-state index < -0.39 is 0 Å². The van der Waals surface area contributed by atoms with E-state index in [2.05, 4.69) is 36.2 Å². The molecule has 0 aliphatic carbocycles. The van der Waals surface area contributed by atoms with E-state index in [1.807, 2.05) is 12.1 Å². The third-order valence-corrected chi connectivity index (χ3v) is 2.36. The van der Waals surface area contributed by atoms with Gasteiger partial charge in [0.05, 0.1) is 0 Å². The van der Waals surface area contributed by atoms with Gasteiger partial charge in [-0.15, -0.1) is 0 Å². The van der Waals surface area contributed by atoms with Crippen molar-refractivity contribution in [2.45, 2.75) is 19.4 Å². The lowest BCUT2D eigenvalue weighted by Crippen LogP contribution is -2.22. The summed E-state index contributed by atoms with van der Waals surface area (Å²) in [5.74, 6) is 0. The largest absolute Gasteiger partial charge is 0.382 e. The summed E-state index contributed by atoms with van der Waals surface area (Å²) in [5.41, 5.74) is 1.03. The Morgan fingerprint density at radius 3 is 2.87 bits per heavy atom. The molecule has 0 saturated heterocycles. The van der Waals surface area contributed by atoms with Gasteiger partial charge < -0.3 is 10.2 Å². The minimum absolute atomic E-state index is 0.436. The number of hydrogen-bond acceptors (Lipinski definition) is 3. The van der Waals surface area contributed by atoms with Crippen LogP contribution in [0.3, 0.4) is 0 Å². The van der Waals surface area contributed by atoms with Crippen molar-refractivity contribution in [1.29, 1.82) is 0 Å². The summed E-state index contributed by atoms with van der Waals surface area (Å²) in [6, 6.07) is 4.21. The predicted molar refractivity (Wildman–Crippen MR) is 65.5 cm³/mol. The highest BCUT2D eigenvalue weighted by atomic mass is 35.5. The van der Waals surface area contributed by atoms with Crippen LogP contribution in [0.5, 0.6) is 0 Å². The second-order valence-corrected chi connectivity index (χ2v) is 4.39. The smallest absolute Gasteiger partial charge is 0.131 e. The number of rotatable bonds is 5. The van der Waals surface area contributed by atoms with E-state index in [0.29, 0.717) is 11.2 Å². The van der Waals surface area contributed by atoms with Crippen LogP contribution in [0, 0.1) is 0 Å². The molecule has 1 heterocycles. The number of anilines is 1. The lowest BCUT2D eigenvalue weighted by atomic mass is 10.2. The van der Waals surface area contributed by atoms with Crippen molar-refractivity contribution in [3.63, 3.8) is 0 Å². The van der Waals surface area contributed by atoms with Gasteiger partial charge in [-0.2, -0.15) is 0 Å². The Labute approximate surface area is 96.5 Å². The van der Waals surface area contributed by atoms with Crippen LogP contribution >= 0.6 is 11.6 Å². The first kappa shape index (κ1) is 12.3. The third kappa shape index (κ3) is 5.00. The van der Waals surface area contributed by atoms with E-state index in [9.17, 15) is 0 Å². The van der Waals surface area contributed by atoms with Gasteiger partial charge in [0.15, 0.2) is 0 Å². The fourth-order valence-corrected chi connectivity index (χ4v) is 1.47. The van der Waals surface area contributed by atoms with Crippen molar-refractivity contribution < 1.29 is 0 Å². The summed E-state index contributed by atoms with van der Waals surface area (Å²) in [6.45, 7) is 3.24. The van der Waals surface area contributed by atoms with Gasteiger partial charge in [-0.05, 0) is 46.1 Å². The van der Waals surface area contributed by atoms with Gasteiger partial charge in [0, 0.05) is 17.9 Å². The Bertz CT molecular complexity index is 302. The molecular weight excluding hydrogens is 210 g/mol. The monoisotopic (exact) mass is 227 g/mol. The number of nitrogens with one attached hydrogen (secondary N) is 1. The fraction of sp³-hybridized carbons (Fsp3) is 0.545. The molecule has 4 heteroatoms. The van der Waals surface area contributed by atoms with E-state index in [-0.39, 0.29) is 0 Å². The van der Waals surface area contributed by atoms with Crippen LogP contribution in [0.4, 0.5) is 5.69 Å². The van der Waals surface area contributed by atoms with Crippen molar-refractivity contribution in [3.8, 4) is 0 Å². The molecule has 1 atom stereocenters. The minimum atomic E-state index is 0.436. The first-order chi connectivity index (χ1) is 7.08. The number of nitrogens with zero attached hydrogens (tertiary/aromatic N) is 2. The SMILES string of the molecule is CC(CCN(C)C)Nc1ccnc(Cl)c1. The van der Waals surface area contributed by atoms with Gasteiger partial charge in [0.25, 0.3) is 0 Å². The van der Waals surface area contributed by atoms with Gasteiger partial charge in [-0.25, -0.2) is 4.98 Å². The molecule has 0 aliphatic heterocycles. The molecule has 0 saturated carbocycles. The molecule has 0 aromatic carbocycles. The normalized spacial score (nSPS) is 12.9. The molecule has 84 valence electrons. The summed E-state index contributed by atoms with van der Waals surface area (Å²) >= 11 is 5.80. The first-order valence-electron chi connectivity index (χ1n) is 5.11. The number of hydrogen-bond donors (Lipinski definition) is 1. The Kier molecular flexibility index (Phi) is 4.85. The Balaban J connectivity index is 2.40. The molecule has 0 aliphatic rings. The molecule has 1 aromatic heterocycles. The van der Waals surface area contributed by atoms with Crippen LogP contribution in [0.25, 0.3) is 0 Å². The average Bonchev–Trinajstić information content (AvgIpc) is 2.15. The van der Waals surface area contributed by atoms with Crippen molar-refractivity contribution in [2.75, 3.05) is 26.0 Å². The van der Waals surface area contributed by atoms with Gasteiger partial charge >= 0.3 is 0 Å². The topological polar surface area (TPSA) is 28.2 Å². The number of aromatic nitrogens is 1. The molecule has 1 rings (SSSR count). The van der Waals surface area contributed by atoms with Gasteiger partial charge in [0.1, 0.15) is 5.15 Å². The Morgan fingerprint density at radius 2 is 2.27 bits per heavy atom. The van der Waals surface area contributed by atoms with Crippen LogP contribution in [-0.2, 0) is 0 Å². The lowest BCUT2D eigenvalue weighted by Gasteiger charge is -2.17. The van der Waals surface area contributed by atoms with Crippen molar-refractivity contribution in [1.82, 2.24) is 9.88 Å². The Morgan fingerprint density at radius 1 is 1.53 bits per heavy atom. The molecular formula is C11H18ClN3. The van der Waals surface area contributed by atoms with Gasteiger partial charge in [-0.3, -0.25) is 0 Å². The zero-order valence-electron chi connectivity index (χ0n) is 9.50. The maximum Gasteiger partial charge on any atom is 0.131 e. The van der Waals surface area contributed by atoms with Gasteiger partial charge in [0.2, 0.25) is 0 Å². The molecule has 0 amide bonds. The molecule has 0 bridgehead atoms. The van der Waals surface area contributed by atoms with E-state index in [1.54, 1.807) is 6.20 Å². The van der Waals surface area contributed by atoms with Crippen LogP contribution < -0.4 is 5.32 Å². The van der Waals surface area contributed by atoms with Crippen LogP contribution in [0.1, 0.15) is 13.3 Å². The molecule has 0 spiro atoms. The molecule has 0 radical (unpaired) electrons. The van der Waals surface area contributed by atoms with Crippen molar-refractivity contribution in [2.24, 2.45) is 0 Å².